The van der Waals surface area contributed by atoms with Gasteiger partial charge in [-0.2, -0.15) is 0 Å². The monoisotopic (exact) mass is 304 g/mol. The van der Waals surface area contributed by atoms with Gasteiger partial charge in [-0.15, -0.1) is 0 Å². The summed E-state index contributed by atoms with van der Waals surface area (Å²) in [6.45, 7) is 1.85. The van der Waals surface area contributed by atoms with Crippen LogP contribution in [0.25, 0.3) is 0 Å². The lowest BCUT2D eigenvalue weighted by Crippen LogP contribution is -2.29. The summed E-state index contributed by atoms with van der Waals surface area (Å²) in [6.07, 6.45) is 1.54. The molecule has 2 rings (SSSR count). The number of nitrogens with one attached hydrogen (secondary N) is 2. The molecule has 2 aromatic rings. The van der Waals surface area contributed by atoms with Gasteiger partial charge in [-0.3, -0.25) is 9.59 Å². The van der Waals surface area contributed by atoms with Gasteiger partial charge in [0.2, 0.25) is 0 Å². The van der Waals surface area contributed by atoms with Crippen molar-refractivity contribution in [2.45, 2.75) is 6.92 Å². The molecule has 2 amide bonds. The number of aryl methyl sites for hydroxylation is 1. The molecule has 7 heteroatoms. The summed E-state index contributed by atoms with van der Waals surface area (Å²) in [5.41, 5.74) is 7.24. The number of hydrogen-bond donors (Lipinski definition) is 3. The largest absolute Gasteiger partial charge is 0.399 e. The Morgan fingerprint density at radius 3 is 2.52 bits per heavy atom. The standard InChI is InChI=1S/C14H13ClN4O2/c1-8-4-5-17-12(6-8)19-14(21)13(20)18-11-3-2-9(16)7-10(11)15/h2-7H,16H2,1H3,(H,18,20)(H,17,19,21). The van der Waals surface area contributed by atoms with Gasteiger partial charge in [0.15, 0.2) is 0 Å². The number of carbonyl (C=O) groups excluding carboxylic acids is 2. The van der Waals surface area contributed by atoms with Gasteiger partial charge < -0.3 is 16.4 Å². The number of pyridine rings is 1. The van der Waals surface area contributed by atoms with Gasteiger partial charge in [-0.25, -0.2) is 4.98 Å². The SMILES string of the molecule is Cc1ccnc(NC(=O)C(=O)Nc2ccc(N)cc2Cl)c1. The van der Waals surface area contributed by atoms with Crippen molar-refractivity contribution in [2.75, 3.05) is 16.4 Å². The summed E-state index contributed by atoms with van der Waals surface area (Å²) in [5.74, 6) is -1.37. The van der Waals surface area contributed by atoms with Crippen LogP contribution in [-0.4, -0.2) is 16.8 Å². The van der Waals surface area contributed by atoms with E-state index in [-0.39, 0.29) is 5.02 Å². The first-order chi connectivity index (χ1) is 9.95. The second-order valence-corrected chi connectivity index (χ2v) is 4.77. The van der Waals surface area contributed by atoms with Crippen molar-refractivity contribution in [1.29, 1.82) is 0 Å². The third-order valence-corrected chi connectivity index (χ3v) is 2.92. The number of rotatable bonds is 2. The molecule has 1 aromatic heterocycles. The van der Waals surface area contributed by atoms with E-state index in [0.717, 1.165) is 5.56 Å². The van der Waals surface area contributed by atoms with Crippen molar-refractivity contribution in [3.05, 3.63) is 47.1 Å². The summed E-state index contributed by atoms with van der Waals surface area (Å²) in [4.78, 5) is 27.5. The van der Waals surface area contributed by atoms with Crippen LogP contribution in [0.1, 0.15) is 5.56 Å². The minimum absolute atomic E-state index is 0.254. The van der Waals surface area contributed by atoms with Gasteiger partial charge in [-0.1, -0.05) is 11.6 Å². The van der Waals surface area contributed by atoms with Crippen LogP contribution in [0.5, 0.6) is 0 Å². The van der Waals surface area contributed by atoms with E-state index in [1.165, 1.54) is 12.1 Å². The number of benzene rings is 1. The van der Waals surface area contributed by atoms with Crippen molar-refractivity contribution < 1.29 is 9.59 Å². The maximum Gasteiger partial charge on any atom is 0.315 e. The Morgan fingerprint density at radius 2 is 1.86 bits per heavy atom. The average molecular weight is 305 g/mol. The molecule has 1 aromatic carbocycles. The van der Waals surface area contributed by atoms with Crippen LogP contribution in [0.15, 0.2) is 36.5 Å². The lowest BCUT2D eigenvalue weighted by molar-refractivity contribution is -0.133. The minimum Gasteiger partial charge on any atom is -0.399 e. The molecule has 0 aliphatic heterocycles. The second kappa shape index (κ2) is 6.23. The molecule has 0 unspecified atom stereocenters. The molecule has 0 saturated heterocycles. The maximum atomic E-state index is 11.8. The molecule has 0 radical (unpaired) electrons. The normalized spacial score (nSPS) is 10.0. The number of halogens is 1. The third kappa shape index (κ3) is 3.93. The lowest BCUT2D eigenvalue weighted by Gasteiger charge is -2.08. The zero-order valence-corrected chi connectivity index (χ0v) is 11.9. The topological polar surface area (TPSA) is 97.1 Å². The van der Waals surface area contributed by atoms with Crippen LogP contribution in [0, 0.1) is 6.92 Å². The zero-order chi connectivity index (χ0) is 15.4. The number of nitrogen functional groups attached to an aromatic ring is 1. The van der Waals surface area contributed by atoms with Crippen molar-refractivity contribution in [2.24, 2.45) is 0 Å². The number of amides is 2. The van der Waals surface area contributed by atoms with Crippen LogP contribution in [-0.2, 0) is 9.59 Å². The highest BCUT2D eigenvalue weighted by Gasteiger charge is 2.16. The molecule has 4 N–H and O–H groups in total. The van der Waals surface area contributed by atoms with Crippen LogP contribution < -0.4 is 16.4 Å². The van der Waals surface area contributed by atoms with Gasteiger partial charge in [0.1, 0.15) is 5.82 Å². The van der Waals surface area contributed by atoms with Crippen molar-refractivity contribution in [3.63, 3.8) is 0 Å². The number of nitrogens with zero attached hydrogens (tertiary/aromatic N) is 1. The first-order valence-corrected chi connectivity index (χ1v) is 6.43. The molecule has 6 nitrogen and oxygen atoms in total. The summed E-state index contributed by atoms with van der Waals surface area (Å²) >= 11 is 5.92. The molecule has 0 fully saturated rings. The fourth-order valence-electron chi connectivity index (χ4n) is 1.59. The number of hydrogen-bond acceptors (Lipinski definition) is 4. The quantitative estimate of drug-likeness (QED) is 0.585. The summed E-state index contributed by atoms with van der Waals surface area (Å²) in [7, 11) is 0. The van der Waals surface area contributed by atoms with Crippen LogP contribution >= 0.6 is 11.6 Å². The Balaban J connectivity index is 2.04. The smallest absolute Gasteiger partial charge is 0.315 e. The maximum absolute atomic E-state index is 11.8. The predicted molar refractivity (Wildman–Crippen MR) is 82.1 cm³/mol. The summed E-state index contributed by atoms with van der Waals surface area (Å²) in [5, 5.41) is 5.06. The van der Waals surface area contributed by atoms with Gasteiger partial charge in [0, 0.05) is 11.9 Å². The van der Waals surface area contributed by atoms with E-state index in [0.29, 0.717) is 17.2 Å². The van der Waals surface area contributed by atoms with E-state index < -0.39 is 11.8 Å². The third-order valence-electron chi connectivity index (χ3n) is 2.60. The molecular formula is C14H13ClN4O2. The molecule has 0 aliphatic rings. The Hall–Kier alpha value is -2.60. The molecule has 1 heterocycles. The highest BCUT2D eigenvalue weighted by atomic mass is 35.5. The van der Waals surface area contributed by atoms with Gasteiger partial charge in [-0.05, 0) is 42.8 Å². The molecule has 0 spiro atoms. The van der Waals surface area contributed by atoms with E-state index in [1.54, 1.807) is 24.4 Å². The number of aromatic nitrogens is 1. The van der Waals surface area contributed by atoms with Crippen molar-refractivity contribution in [1.82, 2.24) is 4.98 Å². The Bertz CT molecular complexity index is 703. The molecule has 0 saturated carbocycles. The van der Waals surface area contributed by atoms with E-state index in [2.05, 4.69) is 15.6 Å². The van der Waals surface area contributed by atoms with Gasteiger partial charge in [0.05, 0.1) is 10.7 Å². The Morgan fingerprint density at radius 1 is 1.14 bits per heavy atom. The first kappa shape index (κ1) is 14.8. The second-order valence-electron chi connectivity index (χ2n) is 4.37. The van der Waals surface area contributed by atoms with Crippen molar-refractivity contribution >= 4 is 40.6 Å². The summed E-state index contributed by atoms with van der Waals surface area (Å²) < 4.78 is 0. The lowest BCUT2D eigenvalue weighted by atomic mass is 10.3. The highest BCUT2D eigenvalue weighted by Crippen LogP contribution is 2.23. The van der Waals surface area contributed by atoms with Crippen LogP contribution in [0.2, 0.25) is 5.02 Å². The number of carbonyl (C=O) groups is 2. The fraction of sp³-hybridized carbons (Fsp3) is 0.0714. The van der Waals surface area contributed by atoms with Crippen LogP contribution in [0.4, 0.5) is 17.2 Å². The molecule has 0 aliphatic carbocycles. The molecule has 21 heavy (non-hydrogen) atoms. The molecule has 0 atom stereocenters. The fourth-order valence-corrected chi connectivity index (χ4v) is 1.83. The summed E-state index contributed by atoms with van der Waals surface area (Å²) in [6, 6.07) is 8.01. The zero-order valence-electron chi connectivity index (χ0n) is 11.2. The highest BCUT2D eigenvalue weighted by molar-refractivity contribution is 6.44. The molecular weight excluding hydrogens is 292 g/mol. The molecule has 108 valence electrons. The van der Waals surface area contributed by atoms with Gasteiger partial charge >= 0.3 is 11.8 Å². The van der Waals surface area contributed by atoms with Crippen LogP contribution in [0.3, 0.4) is 0 Å². The Labute approximate surface area is 126 Å². The van der Waals surface area contributed by atoms with E-state index in [9.17, 15) is 9.59 Å². The molecule has 0 bridgehead atoms. The van der Waals surface area contributed by atoms with Crippen molar-refractivity contribution in [3.8, 4) is 0 Å². The predicted octanol–water partition coefficient (Wildman–Crippen LogP) is 2.20. The number of nitrogens with two attached hydrogens (primary N) is 1. The van der Waals surface area contributed by atoms with E-state index >= 15 is 0 Å². The average Bonchev–Trinajstić information content (AvgIpc) is 2.41. The van der Waals surface area contributed by atoms with Gasteiger partial charge in [0.25, 0.3) is 0 Å². The minimum atomic E-state index is -0.843. The van der Waals surface area contributed by atoms with E-state index in [4.69, 9.17) is 17.3 Å². The number of anilines is 3. The first-order valence-electron chi connectivity index (χ1n) is 6.06. The Kier molecular flexibility index (Phi) is 4.39. The van der Waals surface area contributed by atoms with E-state index in [1.807, 2.05) is 6.92 Å².